The number of nitrogen functional groups attached to an aromatic ring is 1. The summed E-state index contributed by atoms with van der Waals surface area (Å²) in [6.45, 7) is 8.83. The van der Waals surface area contributed by atoms with Gasteiger partial charge < -0.3 is 25.1 Å². The summed E-state index contributed by atoms with van der Waals surface area (Å²) in [6, 6.07) is 5.57. The van der Waals surface area contributed by atoms with Crippen molar-refractivity contribution in [1.29, 1.82) is 0 Å². The molecule has 0 unspecified atom stereocenters. The van der Waals surface area contributed by atoms with Gasteiger partial charge in [-0.3, -0.25) is 0 Å². The zero-order chi connectivity index (χ0) is 17.3. The average Bonchev–Trinajstić information content (AvgIpc) is 2.67. The molecule has 3 N–H and O–H groups in total. The second kappa shape index (κ2) is 6.55. The van der Waals surface area contributed by atoms with Gasteiger partial charge in [0.2, 0.25) is 0 Å². The van der Waals surface area contributed by atoms with Crippen LogP contribution in [0, 0.1) is 0 Å². The molecule has 126 valence electrons. The van der Waals surface area contributed by atoms with E-state index < -0.39 is 7.12 Å². The van der Waals surface area contributed by atoms with Crippen LogP contribution in [0.3, 0.4) is 0 Å². The second-order valence-electron chi connectivity index (χ2n) is 6.84. The monoisotopic (exact) mass is 318 g/mol. The lowest BCUT2D eigenvalue weighted by atomic mass is 9.77. The van der Waals surface area contributed by atoms with E-state index in [4.69, 9.17) is 19.8 Å². The van der Waals surface area contributed by atoms with E-state index in [0.29, 0.717) is 12.2 Å². The van der Waals surface area contributed by atoms with E-state index in [-0.39, 0.29) is 11.2 Å². The molecular weight excluding hydrogens is 291 g/mol. The number of hydrogen-bond acceptors (Lipinski definition) is 5. The highest BCUT2D eigenvalue weighted by molar-refractivity contribution is 6.56. The highest BCUT2D eigenvalue weighted by Crippen LogP contribution is 2.39. The van der Waals surface area contributed by atoms with Gasteiger partial charge in [0, 0.05) is 17.8 Å². The quantitative estimate of drug-likeness (QED) is 0.645. The maximum absolute atomic E-state index is 6.15. The zero-order valence-corrected chi connectivity index (χ0v) is 14.9. The normalized spacial score (nSPS) is 19.9. The van der Waals surface area contributed by atoms with E-state index in [1.54, 1.807) is 7.11 Å². The van der Waals surface area contributed by atoms with Gasteiger partial charge in [0.25, 0.3) is 0 Å². The molecular formula is C17H27BN2O3. The molecule has 6 heteroatoms. The molecule has 1 saturated heterocycles. The Balaban J connectivity index is 2.38. The molecule has 0 spiro atoms. The molecule has 0 aliphatic carbocycles. The van der Waals surface area contributed by atoms with Gasteiger partial charge in [-0.1, -0.05) is 6.08 Å². The van der Waals surface area contributed by atoms with E-state index in [0.717, 1.165) is 16.8 Å². The van der Waals surface area contributed by atoms with E-state index in [1.165, 1.54) is 0 Å². The van der Waals surface area contributed by atoms with Crippen molar-refractivity contribution < 1.29 is 14.0 Å². The highest BCUT2D eigenvalue weighted by atomic mass is 16.7. The molecule has 0 atom stereocenters. The first-order valence-electron chi connectivity index (χ1n) is 7.84. The van der Waals surface area contributed by atoms with Gasteiger partial charge in [-0.25, -0.2) is 0 Å². The van der Waals surface area contributed by atoms with Crippen molar-refractivity contribution in [2.45, 2.75) is 38.9 Å². The molecule has 1 aliphatic heterocycles. The smallest absolute Gasteiger partial charge is 0.491 e. The summed E-state index contributed by atoms with van der Waals surface area (Å²) in [4.78, 5) is 0. The summed E-state index contributed by atoms with van der Waals surface area (Å²) in [5, 5.41) is 3.17. The molecule has 1 fully saturated rings. The summed E-state index contributed by atoms with van der Waals surface area (Å²) >= 11 is 0. The summed E-state index contributed by atoms with van der Waals surface area (Å²) in [5.74, 6) is 0.768. The Labute approximate surface area is 139 Å². The fraction of sp³-hybridized carbons (Fsp3) is 0.529. The topological polar surface area (TPSA) is 65.7 Å². The van der Waals surface area contributed by atoms with Crippen LogP contribution in [-0.4, -0.2) is 39.0 Å². The van der Waals surface area contributed by atoms with Crippen molar-refractivity contribution in [3.63, 3.8) is 0 Å². The summed E-state index contributed by atoms with van der Waals surface area (Å²) in [5.41, 5.74) is 7.76. The minimum Gasteiger partial charge on any atom is -0.496 e. The number of nitrogens with one attached hydrogen (secondary N) is 1. The van der Waals surface area contributed by atoms with Gasteiger partial charge in [0.05, 0.1) is 18.3 Å². The van der Waals surface area contributed by atoms with Crippen LogP contribution in [0.25, 0.3) is 6.08 Å². The Kier molecular flexibility index (Phi) is 5.09. The first kappa shape index (κ1) is 17.9. The van der Waals surface area contributed by atoms with Gasteiger partial charge >= 0.3 is 7.12 Å². The SMILES string of the molecule is CNCC(=Cc1cc(N)ccc1OC)B1OC(C)(C)C(C)(C)O1. The number of likely N-dealkylation sites (N-methyl/N-ethyl adjacent to an activating group) is 1. The van der Waals surface area contributed by atoms with Crippen LogP contribution in [0.5, 0.6) is 5.75 Å². The molecule has 0 bridgehead atoms. The number of hydrogen-bond donors (Lipinski definition) is 2. The lowest BCUT2D eigenvalue weighted by molar-refractivity contribution is 0.00578. The summed E-state index contributed by atoms with van der Waals surface area (Å²) < 4.78 is 17.7. The lowest BCUT2D eigenvalue weighted by Crippen LogP contribution is -2.41. The highest BCUT2D eigenvalue weighted by Gasteiger charge is 2.52. The third kappa shape index (κ3) is 3.71. The molecule has 2 rings (SSSR count). The number of methoxy groups -OCH3 is 1. The second-order valence-corrected chi connectivity index (χ2v) is 6.84. The molecule has 1 heterocycles. The van der Waals surface area contributed by atoms with E-state index in [2.05, 4.69) is 5.32 Å². The fourth-order valence-electron chi connectivity index (χ4n) is 2.47. The summed E-state index contributed by atoms with van der Waals surface area (Å²) in [6.07, 6.45) is 2.02. The number of nitrogens with two attached hydrogens (primary N) is 1. The van der Waals surface area contributed by atoms with Crippen LogP contribution in [0.2, 0.25) is 0 Å². The predicted molar refractivity (Wildman–Crippen MR) is 95.4 cm³/mol. The molecule has 5 nitrogen and oxygen atoms in total. The van der Waals surface area contributed by atoms with E-state index in [9.17, 15) is 0 Å². The number of rotatable bonds is 5. The van der Waals surface area contributed by atoms with Crippen molar-refractivity contribution >= 4 is 18.9 Å². The summed E-state index contributed by atoms with van der Waals surface area (Å²) in [7, 11) is 3.14. The van der Waals surface area contributed by atoms with Gasteiger partial charge in [0.1, 0.15) is 5.75 Å². The molecule has 1 aromatic carbocycles. The first-order valence-corrected chi connectivity index (χ1v) is 7.84. The fourth-order valence-corrected chi connectivity index (χ4v) is 2.47. The maximum atomic E-state index is 6.15. The average molecular weight is 318 g/mol. The Morgan fingerprint density at radius 2 is 1.87 bits per heavy atom. The molecule has 1 aliphatic rings. The van der Waals surface area contributed by atoms with Crippen LogP contribution in [0.4, 0.5) is 5.69 Å². The van der Waals surface area contributed by atoms with Gasteiger partial charge in [-0.15, -0.1) is 0 Å². The molecule has 0 radical (unpaired) electrons. The van der Waals surface area contributed by atoms with Crippen molar-refractivity contribution in [1.82, 2.24) is 5.32 Å². The molecule has 1 aromatic rings. The number of benzene rings is 1. The molecule has 0 amide bonds. The van der Waals surface area contributed by atoms with Crippen molar-refractivity contribution in [2.75, 3.05) is 26.4 Å². The third-order valence-corrected chi connectivity index (χ3v) is 4.53. The minimum atomic E-state index is -0.404. The van der Waals surface area contributed by atoms with Crippen LogP contribution >= 0.6 is 0 Å². The predicted octanol–water partition coefficient (Wildman–Crippen LogP) is 2.51. The van der Waals surface area contributed by atoms with Crippen LogP contribution in [-0.2, 0) is 9.31 Å². The molecule has 0 aromatic heterocycles. The van der Waals surface area contributed by atoms with Crippen LogP contribution < -0.4 is 15.8 Å². The Hall–Kier alpha value is -1.50. The van der Waals surface area contributed by atoms with Gasteiger partial charge in [-0.2, -0.15) is 0 Å². The van der Waals surface area contributed by atoms with Gasteiger partial charge in [-0.05, 0) is 58.4 Å². The maximum Gasteiger partial charge on any atom is 0.491 e. The Morgan fingerprint density at radius 3 is 2.39 bits per heavy atom. The number of ether oxygens (including phenoxy) is 1. The first-order chi connectivity index (χ1) is 10.7. The van der Waals surface area contributed by atoms with Crippen molar-refractivity contribution in [3.05, 3.63) is 29.2 Å². The Morgan fingerprint density at radius 1 is 1.26 bits per heavy atom. The van der Waals surface area contributed by atoms with Crippen LogP contribution in [0.15, 0.2) is 23.7 Å². The molecule has 0 saturated carbocycles. The third-order valence-electron chi connectivity index (χ3n) is 4.53. The van der Waals surface area contributed by atoms with Crippen LogP contribution in [0.1, 0.15) is 33.3 Å². The largest absolute Gasteiger partial charge is 0.496 e. The Bertz CT molecular complexity index is 584. The van der Waals surface area contributed by atoms with Crippen molar-refractivity contribution in [2.24, 2.45) is 0 Å². The van der Waals surface area contributed by atoms with E-state index >= 15 is 0 Å². The standard InChI is InChI=1S/C17H27BN2O3/c1-16(2)17(3,4)23-18(22-16)13(11-20-5)9-12-10-14(19)7-8-15(12)21-6/h7-10,20H,11,19H2,1-6H3. The van der Waals surface area contributed by atoms with Gasteiger partial charge in [0.15, 0.2) is 0 Å². The van der Waals surface area contributed by atoms with Crippen molar-refractivity contribution in [3.8, 4) is 5.75 Å². The minimum absolute atomic E-state index is 0.371. The zero-order valence-electron chi connectivity index (χ0n) is 14.9. The van der Waals surface area contributed by atoms with E-state index in [1.807, 2.05) is 59.0 Å². The number of anilines is 1. The molecule has 23 heavy (non-hydrogen) atoms. The lowest BCUT2D eigenvalue weighted by Gasteiger charge is -2.32.